The quantitative estimate of drug-likeness (QED) is 0.664. The Balaban J connectivity index is 2.47. The largest absolute Gasteiger partial charge is 0.504 e. The third-order valence-electron chi connectivity index (χ3n) is 2.70. The van der Waals surface area contributed by atoms with Crippen LogP contribution in [0.15, 0.2) is 30.3 Å². The molecule has 1 N–H and O–H groups in total. The van der Waals surface area contributed by atoms with Crippen LogP contribution in [0.2, 0.25) is 0 Å². The topological polar surface area (TPSA) is 38.7 Å². The predicted molar refractivity (Wildman–Crippen MR) is 73.0 cm³/mol. The lowest BCUT2D eigenvalue weighted by molar-refractivity contribution is 0.317. The zero-order valence-electron chi connectivity index (χ0n) is 10.1. The summed E-state index contributed by atoms with van der Waals surface area (Å²) in [6.07, 6.45) is 0.777. The lowest BCUT2D eigenvalue weighted by Crippen LogP contribution is -1.99. The predicted octanol–water partition coefficient (Wildman–Crippen LogP) is 3.56. The molecule has 0 amide bonds. The minimum Gasteiger partial charge on any atom is -0.504 e. The first kappa shape index (κ1) is 12.8. The maximum atomic E-state index is 10.0. The van der Waals surface area contributed by atoms with E-state index in [2.05, 4.69) is 0 Å². The minimum atomic E-state index is 0.137. The van der Waals surface area contributed by atoms with Gasteiger partial charge in [-0.3, -0.25) is 0 Å². The number of ether oxygens (including phenoxy) is 2. The van der Waals surface area contributed by atoms with Gasteiger partial charge in [-0.2, -0.15) is 0 Å². The van der Waals surface area contributed by atoms with Crippen LogP contribution < -0.4 is 9.47 Å². The molecule has 0 bridgehead atoms. The van der Waals surface area contributed by atoms with E-state index in [9.17, 15) is 5.11 Å². The highest BCUT2D eigenvalue weighted by molar-refractivity contribution is 6.17. The number of halogens is 1. The number of alkyl halides is 1. The molecular weight excluding hydrogens is 252 g/mol. The van der Waals surface area contributed by atoms with Gasteiger partial charge in [-0.05, 0) is 6.42 Å². The first-order valence-corrected chi connectivity index (χ1v) is 6.29. The van der Waals surface area contributed by atoms with E-state index < -0.39 is 0 Å². The first-order valence-electron chi connectivity index (χ1n) is 5.75. The normalized spacial score (nSPS) is 10.6. The van der Waals surface area contributed by atoms with Gasteiger partial charge in [0.1, 0.15) is 5.75 Å². The molecule has 0 radical (unpaired) electrons. The average molecular weight is 267 g/mol. The molecule has 0 spiro atoms. The van der Waals surface area contributed by atoms with E-state index in [-0.39, 0.29) is 5.75 Å². The van der Waals surface area contributed by atoms with Gasteiger partial charge in [0.05, 0.1) is 13.7 Å². The van der Waals surface area contributed by atoms with Gasteiger partial charge >= 0.3 is 0 Å². The molecule has 2 rings (SSSR count). The second-order valence-electron chi connectivity index (χ2n) is 3.86. The minimum absolute atomic E-state index is 0.137. The summed E-state index contributed by atoms with van der Waals surface area (Å²) in [5.41, 5.74) is 0. The Morgan fingerprint density at radius 1 is 1.17 bits per heavy atom. The number of hydrogen-bond donors (Lipinski definition) is 1. The highest BCUT2D eigenvalue weighted by atomic mass is 35.5. The van der Waals surface area contributed by atoms with E-state index in [0.29, 0.717) is 24.0 Å². The number of fused-ring (bicyclic) bond motifs is 1. The van der Waals surface area contributed by atoms with Crippen molar-refractivity contribution in [3.63, 3.8) is 0 Å². The molecule has 0 unspecified atom stereocenters. The van der Waals surface area contributed by atoms with E-state index in [1.165, 1.54) is 7.11 Å². The molecule has 0 heterocycles. The van der Waals surface area contributed by atoms with Crippen molar-refractivity contribution in [3.8, 4) is 17.2 Å². The molecule has 4 heteroatoms. The molecule has 0 aliphatic carbocycles. The zero-order chi connectivity index (χ0) is 13.0. The van der Waals surface area contributed by atoms with Crippen LogP contribution in [0.4, 0.5) is 0 Å². The van der Waals surface area contributed by atoms with Crippen LogP contribution >= 0.6 is 11.6 Å². The van der Waals surface area contributed by atoms with Gasteiger partial charge in [0, 0.05) is 22.7 Å². The molecule has 0 atom stereocenters. The standard InChI is InChI=1S/C14H15ClO3/c1-17-13-9-12(18-8-4-7-15)10-5-2-3-6-11(10)14(13)16/h2-3,5-6,9,16H,4,7-8H2,1H3. The highest BCUT2D eigenvalue weighted by Crippen LogP contribution is 2.40. The Morgan fingerprint density at radius 2 is 1.89 bits per heavy atom. The number of aromatic hydroxyl groups is 1. The Labute approximate surface area is 111 Å². The second kappa shape index (κ2) is 5.83. The molecule has 2 aromatic rings. The van der Waals surface area contributed by atoms with Gasteiger partial charge in [0.15, 0.2) is 11.5 Å². The molecule has 0 aliphatic rings. The van der Waals surface area contributed by atoms with E-state index in [1.807, 2.05) is 24.3 Å². The second-order valence-corrected chi connectivity index (χ2v) is 4.24. The van der Waals surface area contributed by atoms with Crippen LogP contribution in [0.5, 0.6) is 17.2 Å². The number of rotatable bonds is 5. The van der Waals surface area contributed by atoms with Crippen LogP contribution in [0, 0.1) is 0 Å². The number of hydrogen-bond acceptors (Lipinski definition) is 3. The molecule has 0 fully saturated rings. The van der Waals surface area contributed by atoms with Crippen molar-refractivity contribution in [2.45, 2.75) is 6.42 Å². The Kier molecular flexibility index (Phi) is 4.15. The summed E-state index contributed by atoms with van der Waals surface area (Å²) in [6, 6.07) is 9.21. The molecule has 18 heavy (non-hydrogen) atoms. The van der Waals surface area contributed by atoms with Crippen molar-refractivity contribution in [2.75, 3.05) is 19.6 Å². The fourth-order valence-electron chi connectivity index (χ4n) is 1.81. The summed E-state index contributed by atoms with van der Waals surface area (Å²) in [5.74, 6) is 1.81. The van der Waals surface area contributed by atoms with Crippen LogP contribution in [0.3, 0.4) is 0 Å². The molecule has 96 valence electrons. The van der Waals surface area contributed by atoms with Crippen molar-refractivity contribution >= 4 is 22.4 Å². The molecule has 0 aromatic heterocycles. The van der Waals surface area contributed by atoms with E-state index in [0.717, 1.165) is 17.2 Å². The maximum absolute atomic E-state index is 10.0. The molecule has 2 aromatic carbocycles. The van der Waals surface area contributed by atoms with Gasteiger partial charge in [0.2, 0.25) is 0 Å². The van der Waals surface area contributed by atoms with Crippen molar-refractivity contribution < 1.29 is 14.6 Å². The summed E-state index contributed by atoms with van der Waals surface area (Å²) in [7, 11) is 1.52. The fourth-order valence-corrected chi connectivity index (χ4v) is 1.92. The van der Waals surface area contributed by atoms with E-state index >= 15 is 0 Å². The van der Waals surface area contributed by atoms with Crippen LogP contribution in [-0.4, -0.2) is 24.7 Å². The Bertz CT molecular complexity index is 540. The first-order chi connectivity index (χ1) is 8.77. The highest BCUT2D eigenvalue weighted by Gasteiger charge is 2.12. The number of phenolic OH excluding ortho intramolecular Hbond substituents is 1. The number of methoxy groups -OCH3 is 1. The van der Waals surface area contributed by atoms with E-state index in [4.69, 9.17) is 21.1 Å². The molecule has 0 saturated heterocycles. The van der Waals surface area contributed by atoms with Crippen molar-refractivity contribution in [3.05, 3.63) is 30.3 Å². The third kappa shape index (κ3) is 2.46. The third-order valence-corrected chi connectivity index (χ3v) is 2.97. The van der Waals surface area contributed by atoms with E-state index in [1.54, 1.807) is 6.07 Å². The molecule has 3 nitrogen and oxygen atoms in total. The van der Waals surface area contributed by atoms with Gasteiger partial charge in [0.25, 0.3) is 0 Å². The van der Waals surface area contributed by atoms with Gasteiger partial charge in [-0.15, -0.1) is 11.6 Å². The molecular formula is C14H15ClO3. The van der Waals surface area contributed by atoms with Gasteiger partial charge in [-0.25, -0.2) is 0 Å². The van der Waals surface area contributed by atoms with Gasteiger partial charge in [-0.1, -0.05) is 24.3 Å². The lowest BCUT2D eigenvalue weighted by Gasteiger charge is -2.13. The SMILES string of the molecule is COc1cc(OCCCCl)c2ccccc2c1O. The van der Waals surface area contributed by atoms with Crippen molar-refractivity contribution in [1.82, 2.24) is 0 Å². The number of benzene rings is 2. The van der Waals surface area contributed by atoms with Crippen molar-refractivity contribution in [1.29, 1.82) is 0 Å². The Morgan fingerprint density at radius 3 is 2.56 bits per heavy atom. The smallest absolute Gasteiger partial charge is 0.165 e. The lowest BCUT2D eigenvalue weighted by atomic mass is 10.1. The van der Waals surface area contributed by atoms with Crippen molar-refractivity contribution in [2.24, 2.45) is 0 Å². The average Bonchev–Trinajstić information content (AvgIpc) is 2.42. The monoisotopic (exact) mass is 266 g/mol. The summed E-state index contributed by atoms with van der Waals surface area (Å²) in [6.45, 7) is 0.543. The Hall–Kier alpha value is -1.61. The molecule has 0 saturated carbocycles. The fraction of sp³-hybridized carbons (Fsp3) is 0.286. The van der Waals surface area contributed by atoms with Gasteiger partial charge < -0.3 is 14.6 Å². The maximum Gasteiger partial charge on any atom is 0.165 e. The van der Waals surface area contributed by atoms with Crippen LogP contribution in [0.1, 0.15) is 6.42 Å². The van der Waals surface area contributed by atoms with Crippen LogP contribution in [-0.2, 0) is 0 Å². The van der Waals surface area contributed by atoms with Crippen LogP contribution in [0.25, 0.3) is 10.8 Å². The zero-order valence-corrected chi connectivity index (χ0v) is 10.9. The molecule has 0 aliphatic heterocycles. The summed E-state index contributed by atoms with van der Waals surface area (Å²) < 4.78 is 10.8. The summed E-state index contributed by atoms with van der Waals surface area (Å²) >= 11 is 5.63. The number of phenols is 1. The summed E-state index contributed by atoms with van der Waals surface area (Å²) in [5, 5.41) is 11.6. The summed E-state index contributed by atoms with van der Waals surface area (Å²) in [4.78, 5) is 0.